The molecule has 2 bridgehead atoms. The monoisotopic (exact) mass is 633 g/mol. The van der Waals surface area contributed by atoms with Crippen LogP contribution in [0.15, 0.2) is 66.2 Å². The van der Waals surface area contributed by atoms with Crippen LogP contribution in [0, 0.1) is 17.5 Å². The molecule has 0 aromatic heterocycles. The predicted molar refractivity (Wildman–Crippen MR) is 168 cm³/mol. The van der Waals surface area contributed by atoms with Gasteiger partial charge in [-0.25, -0.2) is 8.78 Å². The maximum atomic E-state index is 14.5. The van der Waals surface area contributed by atoms with Gasteiger partial charge in [-0.05, 0) is 78.6 Å². The SMILES string of the molecule is COc1cccc(CN(C(=O)C2=C(c3ccc(CCCOc4c(F)ccc(F)c4F)cc3)CC3CN(C(C)=O)CC2N3)C2CC2)c1. The zero-order valence-corrected chi connectivity index (χ0v) is 26.0. The quantitative estimate of drug-likeness (QED) is 0.218. The zero-order valence-electron chi connectivity index (χ0n) is 26.0. The minimum Gasteiger partial charge on any atom is -0.497 e. The molecule has 7 nitrogen and oxygen atoms in total. The molecule has 46 heavy (non-hydrogen) atoms. The van der Waals surface area contributed by atoms with Gasteiger partial charge in [0.15, 0.2) is 17.4 Å². The van der Waals surface area contributed by atoms with Gasteiger partial charge in [0.1, 0.15) is 5.75 Å². The topological polar surface area (TPSA) is 71.1 Å². The number of carbonyl (C=O) groups excluding carboxylic acids is 2. The van der Waals surface area contributed by atoms with Gasteiger partial charge in [0.25, 0.3) is 5.91 Å². The summed E-state index contributed by atoms with van der Waals surface area (Å²) in [5.41, 5.74) is 4.64. The molecule has 3 aromatic rings. The summed E-state index contributed by atoms with van der Waals surface area (Å²) in [7, 11) is 1.63. The summed E-state index contributed by atoms with van der Waals surface area (Å²) in [6.45, 7) is 3.07. The van der Waals surface area contributed by atoms with E-state index in [1.165, 1.54) is 0 Å². The summed E-state index contributed by atoms with van der Waals surface area (Å²) < 4.78 is 51.9. The molecular formula is C36H38F3N3O4. The van der Waals surface area contributed by atoms with E-state index in [4.69, 9.17) is 9.47 Å². The molecule has 2 amide bonds. The van der Waals surface area contributed by atoms with Crippen molar-refractivity contribution in [3.63, 3.8) is 0 Å². The van der Waals surface area contributed by atoms with Crippen molar-refractivity contribution < 1.29 is 32.2 Å². The van der Waals surface area contributed by atoms with Crippen LogP contribution in [0.4, 0.5) is 13.2 Å². The Morgan fingerprint density at radius 1 is 0.978 bits per heavy atom. The summed E-state index contributed by atoms with van der Waals surface area (Å²) in [6.07, 6.45) is 3.57. The van der Waals surface area contributed by atoms with E-state index in [9.17, 15) is 22.8 Å². The molecule has 6 rings (SSSR count). The lowest BCUT2D eigenvalue weighted by atomic mass is 9.82. The first-order valence-electron chi connectivity index (χ1n) is 15.8. The third-order valence-electron chi connectivity index (χ3n) is 8.98. The second kappa shape index (κ2) is 13.6. The molecule has 1 saturated heterocycles. The fourth-order valence-corrected chi connectivity index (χ4v) is 6.46. The fraction of sp³-hybridized carbons (Fsp3) is 0.389. The van der Waals surface area contributed by atoms with Crippen molar-refractivity contribution >= 4 is 17.4 Å². The largest absolute Gasteiger partial charge is 0.497 e. The summed E-state index contributed by atoms with van der Waals surface area (Å²) >= 11 is 0. The number of nitrogens with zero attached hydrogens (tertiary/aromatic N) is 2. The Bertz CT molecular complexity index is 1640. The number of ether oxygens (including phenoxy) is 2. The lowest BCUT2D eigenvalue weighted by Gasteiger charge is -2.44. The van der Waals surface area contributed by atoms with E-state index in [0.29, 0.717) is 44.5 Å². The minimum atomic E-state index is -1.33. The van der Waals surface area contributed by atoms with Gasteiger partial charge in [0.05, 0.1) is 19.8 Å². The molecule has 3 aliphatic rings. The van der Waals surface area contributed by atoms with E-state index in [2.05, 4.69) is 5.32 Å². The zero-order chi connectivity index (χ0) is 32.4. The molecule has 2 fully saturated rings. The van der Waals surface area contributed by atoms with E-state index in [1.807, 2.05) is 58.3 Å². The molecule has 2 unspecified atom stereocenters. The molecule has 3 aromatic carbocycles. The number of hydrogen-bond donors (Lipinski definition) is 1. The van der Waals surface area contributed by atoms with Crippen LogP contribution in [0.3, 0.4) is 0 Å². The van der Waals surface area contributed by atoms with E-state index in [0.717, 1.165) is 53.0 Å². The molecular weight excluding hydrogens is 595 g/mol. The predicted octanol–water partition coefficient (Wildman–Crippen LogP) is 5.66. The van der Waals surface area contributed by atoms with Crippen molar-refractivity contribution in [2.75, 3.05) is 26.8 Å². The van der Waals surface area contributed by atoms with E-state index < -0.39 is 23.2 Å². The van der Waals surface area contributed by atoms with Crippen molar-refractivity contribution in [1.29, 1.82) is 0 Å². The van der Waals surface area contributed by atoms with Gasteiger partial charge in [0, 0.05) is 44.2 Å². The van der Waals surface area contributed by atoms with Crippen molar-refractivity contribution in [3.05, 3.63) is 100 Å². The molecule has 2 atom stereocenters. The molecule has 0 radical (unpaired) electrons. The highest BCUT2D eigenvalue weighted by Crippen LogP contribution is 2.37. The number of benzene rings is 3. The normalized spacial score (nSPS) is 19.2. The number of nitrogens with one attached hydrogen (secondary N) is 1. The van der Waals surface area contributed by atoms with Crippen LogP contribution < -0.4 is 14.8 Å². The van der Waals surface area contributed by atoms with Gasteiger partial charge in [-0.3, -0.25) is 9.59 Å². The van der Waals surface area contributed by atoms with Crippen LogP contribution in [-0.2, 0) is 22.6 Å². The van der Waals surface area contributed by atoms with Crippen LogP contribution >= 0.6 is 0 Å². The van der Waals surface area contributed by atoms with Gasteiger partial charge in [-0.1, -0.05) is 36.4 Å². The third-order valence-corrected chi connectivity index (χ3v) is 8.98. The lowest BCUT2D eigenvalue weighted by Crippen LogP contribution is -2.61. The Balaban J connectivity index is 1.23. The van der Waals surface area contributed by atoms with Crippen LogP contribution in [0.25, 0.3) is 5.57 Å². The van der Waals surface area contributed by atoms with E-state index >= 15 is 0 Å². The highest BCUT2D eigenvalue weighted by Gasteiger charge is 2.43. The molecule has 0 spiro atoms. The van der Waals surface area contributed by atoms with E-state index in [-0.39, 0.29) is 36.5 Å². The Kier molecular flexibility index (Phi) is 9.35. The summed E-state index contributed by atoms with van der Waals surface area (Å²) in [5.74, 6) is -3.40. The number of aryl methyl sites for hydroxylation is 1. The van der Waals surface area contributed by atoms with Gasteiger partial charge in [0.2, 0.25) is 11.7 Å². The van der Waals surface area contributed by atoms with Crippen LogP contribution in [-0.4, -0.2) is 66.5 Å². The van der Waals surface area contributed by atoms with Crippen molar-refractivity contribution in [2.45, 2.75) is 63.7 Å². The molecule has 10 heteroatoms. The number of hydrogen-bond acceptors (Lipinski definition) is 5. The average Bonchev–Trinajstić information content (AvgIpc) is 3.90. The van der Waals surface area contributed by atoms with Crippen molar-refractivity contribution in [3.8, 4) is 11.5 Å². The highest BCUT2D eigenvalue weighted by atomic mass is 19.2. The maximum absolute atomic E-state index is 14.5. The van der Waals surface area contributed by atoms with Gasteiger partial charge < -0.3 is 24.6 Å². The summed E-state index contributed by atoms with van der Waals surface area (Å²) in [4.78, 5) is 30.7. The minimum absolute atomic E-state index is 0.00149. The van der Waals surface area contributed by atoms with Gasteiger partial charge in [-0.2, -0.15) is 4.39 Å². The molecule has 2 aliphatic heterocycles. The molecule has 1 N–H and O–H groups in total. The molecule has 2 heterocycles. The summed E-state index contributed by atoms with van der Waals surface area (Å²) in [5, 5.41) is 3.63. The molecule has 242 valence electrons. The second-order valence-corrected chi connectivity index (χ2v) is 12.3. The Hall–Kier alpha value is -4.31. The second-order valence-electron chi connectivity index (χ2n) is 12.3. The Morgan fingerprint density at radius 3 is 2.46 bits per heavy atom. The first-order chi connectivity index (χ1) is 22.2. The Morgan fingerprint density at radius 2 is 1.74 bits per heavy atom. The van der Waals surface area contributed by atoms with Crippen molar-refractivity contribution in [1.82, 2.24) is 15.1 Å². The number of halogens is 3. The number of piperazine rings is 1. The van der Waals surface area contributed by atoms with Crippen LogP contribution in [0.5, 0.6) is 11.5 Å². The first kappa shape index (κ1) is 31.7. The van der Waals surface area contributed by atoms with Crippen molar-refractivity contribution in [2.24, 2.45) is 0 Å². The molecule has 1 saturated carbocycles. The van der Waals surface area contributed by atoms with Crippen LogP contribution in [0.2, 0.25) is 0 Å². The summed E-state index contributed by atoms with van der Waals surface area (Å²) in [6, 6.07) is 17.3. The highest BCUT2D eigenvalue weighted by molar-refractivity contribution is 6.03. The number of rotatable bonds is 11. The third kappa shape index (κ3) is 6.92. The lowest BCUT2D eigenvalue weighted by molar-refractivity contribution is -0.132. The molecule has 1 aliphatic carbocycles. The fourth-order valence-electron chi connectivity index (χ4n) is 6.46. The van der Waals surface area contributed by atoms with Crippen LogP contribution in [0.1, 0.15) is 49.3 Å². The number of methoxy groups -OCH3 is 1. The number of carbonyl (C=O) groups is 2. The number of amides is 2. The number of fused-ring (bicyclic) bond motifs is 2. The average molecular weight is 634 g/mol. The Labute approximate surface area is 267 Å². The van der Waals surface area contributed by atoms with Gasteiger partial charge >= 0.3 is 0 Å². The van der Waals surface area contributed by atoms with E-state index in [1.54, 1.807) is 14.0 Å². The standard InChI is InChI=1S/C36H38F3N3O4/c1-22(43)41-20-26-18-29(25-10-8-23(9-11-25)6-4-16-46-35-31(38)15-14-30(37)34(35)39)33(32(21-41)40-26)36(44)42(27-12-13-27)19-24-5-3-7-28(17-24)45-2/h3,5,7-11,14-15,17,26-27,32,40H,4,6,12-13,16,18-21H2,1-2H3. The van der Waals surface area contributed by atoms with Gasteiger partial charge in [-0.15, -0.1) is 0 Å². The maximum Gasteiger partial charge on any atom is 0.252 e. The smallest absolute Gasteiger partial charge is 0.252 e. The first-order valence-corrected chi connectivity index (χ1v) is 15.8.